The number of halogens is 1. The third-order valence-corrected chi connectivity index (χ3v) is 5.67. The van der Waals surface area contributed by atoms with Gasteiger partial charge in [0.2, 0.25) is 5.89 Å². The summed E-state index contributed by atoms with van der Waals surface area (Å²) in [5, 5.41) is 0. The molecule has 1 aliphatic heterocycles. The molecule has 1 aromatic heterocycles. The monoisotopic (exact) mass is 429 g/mol. The minimum Gasteiger partial charge on any atom is -0.459 e. The highest BCUT2D eigenvalue weighted by atomic mass is 32.2. The number of aliphatic imine (C=N–C) groups is 1. The number of carbonyl (C=O) groups is 1. The molecule has 0 unspecified atom stereocenters. The first kappa shape index (κ1) is 19.8. The lowest BCUT2D eigenvalue weighted by Gasteiger charge is -2.02. The molecule has 30 heavy (non-hydrogen) atoms. The normalized spacial score (nSPS) is 15.6. The van der Waals surface area contributed by atoms with Crippen LogP contribution in [0.2, 0.25) is 0 Å². The van der Waals surface area contributed by atoms with Crippen molar-refractivity contribution < 1.29 is 26.8 Å². The standard InChI is InChI=1S/C20H16FN3O5S/c21-14-7-5-13(6-8-14)20-23-15(12-29-20)11-28-18(25)9-10-22-19-16-3-1-2-4-17(16)30(26,27)24-19/h1-8,12H,9-11H2,(H,22,24). The van der Waals surface area contributed by atoms with E-state index in [-0.39, 0.29) is 36.1 Å². The van der Waals surface area contributed by atoms with E-state index in [1.165, 1.54) is 36.6 Å². The number of sulfonamides is 1. The van der Waals surface area contributed by atoms with Crippen LogP contribution in [0.1, 0.15) is 17.7 Å². The third-order valence-electron chi connectivity index (χ3n) is 4.27. The van der Waals surface area contributed by atoms with Gasteiger partial charge in [0.25, 0.3) is 10.0 Å². The maximum atomic E-state index is 13.0. The van der Waals surface area contributed by atoms with Crippen molar-refractivity contribution in [3.63, 3.8) is 0 Å². The Labute approximate surface area is 171 Å². The molecule has 4 rings (SSSR count). The number of ether oxygens (including phenoxy) is 1. The number of carbonyl (C=O) groups excluding carboxylic acids is 1. The van der Waals surface area contributed by atoms with Gasteiger partial charge >= 0.3 is 5.97 Å². The van der Waals surface area contributed by atoms with Crippen LogP contribution in [-0.2, 0) is 26.2 Å². The van der Waals surface area contributed by atoms with Crippen LogP contribution in [0.15, 0.2) is 69.1 Å². The van der Waals surface area contributed by atoms with Crippen molar-refractivity contribution in [3.8, 4) is 11.5 Å². The Balaban J connectivity index is 1.30. The van der Waals surface area contributed by atoms with Gasteiger partial charge in [-0.05, 0) is 36.4 Å². The molecule has 8 nitrogen and oxygen atoms in total. The molecule has 0 saturated carbocycles. The third kappa shape index (κ3) is 4.23. The summed E-state index contributed by atoms with van der Waals surface area (Å²) in [4.78, 5) is 20.5. The van der Waals surface area contributed by atoms with Gasteiger partial charge in [-0.2, -0.15) is 0 Å². The summed E-state index contributed by atoms with van der Waals surface area (Å²) in [5.41, 5.74) is 1.48. The predicted molar refractivity (Wildman–Crippen MR) is 104 cm³/mol. The van der Waals surface area contributed by atoms with Gasteiger partial charge in [-0.15, -0.1) is 0 Å². The maximum absolute atomic E-state index is 13.0. The number of hydrogen-bond donors (Lipinski definition) is 1. The highest BCUT2D eigenvalue weighted by Crippen LogP contribution is 2.22. The second-order valence-corrected chi connectivity index (χ2v) is 8.04. The molecule has 154 valence electrons. The molecule has 0 bridgehead atoms. The van der Waals surface area contributed by atoms with E-state index in [1.54, 1.807) is 18.2 Å². The molecule has 2 aromatic carbocycles. The average Bonchev–Trinajstić information content (AvgIpc) is 3.30. The number of hydrogen-bond acceptors (Lipinski definition) is 7. The Morgan fingerprint density at radius 2 is 1.93 bits per heavy atom. The highest BCUT2D eigenvalue weighted by Gasteiger charge is 2.29. The van der Waals surface area contributed by atoms with Gasteiger partial charge in [0.05, 0.1) is 17.9 Å². The second kappa shape index (κ2) is 8.07. The first-order valence-electron chi connectivity index (χ1n) is 8.95. The molecular formula is C20H16FN3O5S. The van der Waals surface area contributed by atoms with Gasteiger partial charge in [-0.1, -0.05) is 12.1 Å². The summed E-state index contributed by atoms with van der Waals surface area (Å²) in [7, 11) is -3.61. The van der Waals surface area contributed by atoms with Gasteiger partial charge in [0, 0.05) is 11.1 Å². The average molecular weight is 429 g/mol. The molecule has 1 N–H and O–H groups in total. The fourth-order valence-electron chi connectivity index (χ4n) is 2.84. The zero-order valence-corrected chi connectivity index (χ0v) is 16.4. The van der Waals surface area contributed by atoms with Gasteiger partial charge < -0.3 is 9.15 Å². The molecule has 0 radical (unpaired) electrons. The summed E-state index contributed by atoms with van der Waals surface area (Å²) in [6.45, 7) is -0.0276. The first-order chi connectivity index (χ1) is 14.4. The molecule has 2 heterocycles. The van der Waals surface area contributed by atoms with E-state index in [9.17, 15) is 17.6 Å². The van der Waals surface area contributed by atoms with Crippen LogP contribution in [0, 0.1) is 5.82 Å². The zero-order chi connectivity index (χ0) is 21.1. The fourth-order valence-corrected chi connectivity index (χ4v) is 4.09. The van der Waals surface area contributed by atoms with Crippen molar-refractivity contribution in [1.82, 2.24) is 9.71 Å². The second-order valence-electron chi connectivity index (χ2n) is 6.39. The molecule has 10 heteroatoms. The van der Waals surface area contributed by atoms with Gasteiger partial charge in [-0.3, -0.25) is 14.5 Å². The Bertz CT molecular complexity index is 1220. The Kier molecular flexibility index (Phi) is 5.32. The summed E-state index contributed by atoms with van der Waals surface area (Å²) < 4.78 is 49.9. The van der Waals surface area contributed by atoms with Crippen molar-refractivity contribution in [1.29, 1.82) is 0 Å². The molecule has 0 amide bonds. The minimum atomic E-state index is -3.61. The zero-order valence-electron chi connectivity index (χ0n) is 15.5. The van der Waals surface area contributed by atoms with Crippen molar-refractivity contribution in [2.45, 2.75) is 17.9 Å². The number of benzene rings is 2. The number of amidine groups is 1. The van der Waals surface area contributed by atoms with Crippen LogP contribution in [0.25, 0.3) is 11.5 Å². The number of aromatic nitrogens is 1. The minimum absolute atomic E-state index is 0.0317. The van der Waals surface area contributed by atoms with E-state index >= 15 is 0 Å². The molecule has 3 aromatic rings. The molecular weight excluding hydrogens is 413 g/mol. The van der Waals surface area contributed by atoms with E-state index in [2.05, 4.69) is 14.7 Å². The van der Waals surface area contributed by atoms with Crippen LogP contribution in [0.5, 0.6) is 0 Å². The topological polar surface area (TPSA) is 111 Å². The lowest BCUT2D eigenvalue weighted by molar-refractivity contribution is -0.144. The highest BCUT2D eigenvalue weighted by molar-refractivity contribution is 7.90. The van der Waals surface area contributed by atoms with Crippen LogP contribution >= 0.6 is 0 Å². The smallest absolute Gasteiger partial charge is 0.308 e. The quantitative estimate of drug-likeness (QED) is 0.603. The van der Waals surface area contributed by atoms with Crippen molar-refractivity contribution in [2.24, 2.45) is 4.99 Å². The lowest BCUT2D eigenvalue weighted by atomic mass is 10.2. The van der Waals surface area contributed by atoms with Crippen molar-refractivity contribution in [3.05, 3.63) is 71.9 Å². The SMILES string of the molecule is O=C(CCN=C1NS(=O)(=O)c2ccccc21)OCc1coc(-c2ccc(F)cc2)n1. The fraction of sp³-hybridized carbons (Fsp3) is 0.150. The van der Waals surface area contributed by atoms with E-state index in [0.29, 0.717) is 22.7 Å². The first-order valence-corrected chi connectivity index (χ1v) is 10.4. The largest absolute Gasteiger partial charge is 0.459 e. The summed E-state index contributed by atoms with van der Waals surface area (Å²) in [5.74, 6) is -0.379. The Hall–Kier alpha value is -3.53. The van der Waals surface area contributed by atoms with E-state index in [1.807, 2.05) is 0 Å². The lowest BCUT2D eigenvalue weighted by Crippen LogP contribution is -2.22. The number of fused-ring (bicyclic) bond motifs is 1. The van der Waals surface area contributed by atoms with Crippen LogP contribution in [0.4, 0.5) is 4.39 Å². The molecule has 0 fully saturated rings. The summed E-state index contributed by atoms with van der Waals surface area (Å²) >= 11 is 0. The van der Waals surface area contributed by atoms with Crippen molar-refractivity contribution in [2.75, 3.05) is 6.54 Å². The number of nitrogens with zero attached hydrogens (tertiary/aromatic N) is 2. The van der Waals surface area contributed by atoms with E-state index in [4.69, 9.17) is 9.15 Å². The predicted octanol–water partition coefficient (Wildman–Crippen LogP) is 2.65. The van der Waals surface area contributed by atoms with Crippen LogP contribution in [-0.4, -0.2) is 31.8 Å². The molecule has 0 spiro atoms. The number of rotatable bonds is 6. The summed E-state index contributed by atoms with van der Waals surface area (Å²) in [6.07, 6.45) is 1.33. The molecule has 1 aliphatic rings. The molecule has 0 saturated heterocycles. The van der Waals surface area contributed by atoms with Gasteiger partial charge in [0.1, 0.15) is 30.2 Å². The van der Waals surface area contributed by atoms with Crippen LogP contribution < -0.4 is 4.72 Å². The Morgan fingerprint density at radius 1 is 1.17 bits per heavy atom. The Morgan fingerprint density at radius 3 is 2.73 bits per heavy atom. The van der Waals surface area contributed by atoms with E-state index < -0.39 is 16.0 Å². The van der Waals surface area contributed by atoms with Crippen molar-refractivity contribution >= 4 is 21.8 Å². The van der Waals surface area contributed by atoms with Crippen LogP contribution in [0.3, 0.4) is 0 Å². The molecule has 0 aliphatic carbocycles. The van der Waals surface area contributed by atoms with E-state index in [0.717, 1.165) is 0 Å². The summed E-state index contributed by atoms with van der Waals surface area (Å²) in [6, 6.07) is 12.1. The number of esters is 1. The number of oxazole rings is 1. The molecule has 0 atom stereocenters. The number of nitrogens with one attached hydrogen (secondary N) is 1. The maximum Gasteiger partial charge on any atom is 0.308 e. The van der Waals surface area contributed by atoms with Gasteiger partial charge in [-0.25, -0.2) is 17.8 Å². The van der Waals surface area contributed by atoms with Gasteiger partial charge in [0.15, 0.2) is 0 Å².